The molecular weight excluding hydrogens is 260 g/mol. The molecule has 0 unspecified atom stereocenters. The first-order valence-electron chi connectivity index (χ1n) is 5.96. The maximum absolute atomic E-state index is 11.7. The number of hydrogen-bond acceptors (Lipinski definition) is 4. The molecule has 0 aromatic heterocycles. The number of amides is 3. The van der Waals surface area contributed by atoms with E-state index >= 15 is 0 Å². The summed E-state index contributed by atoms with van der Waals surface area (Å²) in [5, 5.41) is 4.38. The molecular formula is C14H16N2O4. The molecule has 0 bridgehead atoms. The first-order chi connectivity index (χ1) is 9.54. The van der Waals surface area contributed by atoms with Gasteiger partial charge < -0.3 is 10.1 Å². The molecule has 1 aromatic carbocycles. The Labute approximate surface area is 116 Å². The van der Waals surface area contributed by atoms with E-state index in [2.05, 4.69) is 11.9 Å². The number of carbonyl (C=O) groups excluding carboxylic acids is 3. The van der Waals surface area contributed by atoms with Gasteiger partial charge in [-0.2, -0.15) is 0 Å². The molecule has 0 saturated carbocycles. The molecule has 0 radical (unpaired) electrons. The molecule has 0 aliphatic heterocycles. The first-order valence-corrected chi connectivity index (χ1v) is 5.96. The van der Waals surface area contributed by atoms with Crippen LogP contribution >= 0.6 is 0 Å². The summed E-state index contributed by atoms with van der Waals surface area (Å²) in [6.07, 6.45) is 1.47. The maximum Gasteiger partial charge on any atom is 0.338 e. The van der Waals surface area contributed by atoms with Gasteiger partial charge in [0, 0.05) is 6.54 Å². The van der Waals surface area contributed by atoms with Crippen LogP contribution in [0.3, 0.4) is 0 Å². The maximum atomic E-state index is 11.7. The zero-order valence-electron chi connectivity index (χ0n) is 11.1. The Balaban J connectivity index is 2.41. The van der Waals surface area contributed by atoms with Crippen LogP contribution in [0.15, 0.2) is 36.9 Å². The number of imide groups is 1. The van der Waals surface area contributed by atoms with Gasteiger partial charge in [0.25, 0.3) is 5.91 Å². The monoisotopic (exact) mass is 276 g/mol. The molecule has 2 N–H and O–H groups in total. The van der Waals surface area contributed by atoms with Crippen molar-refractivity contribution in [2.24, 2.45) is 0 Å². The molecule has 0 heterocycles. The highest BCUT2D eigenvalue weighted by Gasteiger charge is 2.13. The van der Waals surface area contributed by atoms with Gasteiger partial charge in [-0.25, -0.2) is 9.59 Å². The summed E-state index contributed by atoms with van der Waals surface area (Å²) in [5.41, 5.74) is 1.14. The molecule has 0 atom stereocenters. The Kier molecular flexibility index (Phi) is 5.96. The van der Waals surface area contributed by atoms with Crippen LogP contribution in [0, 0.1) is 6.92 Å². The van der Waals surface area contributed by atoms with Gasteiger partial charge in [-0.1, -0.05) is 24.3 Å². The van der Waals surface area contributed by atoms with Crippen molar-refractivity contribution < 1.29 is 19.1 Å². The number of carbonyl (C=O) groups is 3. The third kappa shape index (κ3) is 4.93. The standard InChI is InChI=1S/C14H16N2O4/c1-3-8-15-14(19)16-12(17)9-20-13(18)11-7-5-4-6-10(11)2/h3-7H,1,8-9H2,2H3,(H2,15,16,17,19). The van der Waals surface area contributed by atoms with Crippen molar-refractivity contribution in [1.29, 1.82) is 0 Å². The minimum absolute atomic E-state index is 0.238. The van der Waals surface area contributed by atoms with E-state index in [9.17, 15) is 14.4 Å². The number of nitrogens with one attached hydrogen (secondary N) is 2. The second-order valence-corrected chi connectivity index (χ2v) is 3.94. The zero-order chi connectivity index (χ0) is 15.0. The lowest BCUT2D eigenvalue weighted by atomic mass is 10.1. The van der Waals surface area contributed by atoms with Gasteiger partial charge in [0.2, 0.25) is 0 Å². The average molecular weight is 276 g/mol. The molecule has 0 aliphatic rings. The molecule has 3 amide bonds. The van der Waals surface area contributed by atoms with E-state index in [1.54, 1.807) is 31.2 Å². The van der Waals surface area contributed by atoms with E-state index in [4.69, 9.17) is 4.74 Å². The van der Waals surface area contributed by atoms with E-state index < -0.39 is 24.5 Å². The van der Waals surface area contributed by atoms with Gasteiger partial charge in [0.05, 0.1) is 5.56 Å². The summed E-state index contributed by atoms with van der Waals surface area (Å²) >= 11 is 0. The minimum Gasteiger partial charge on any atom is -0.452 e. The van der Waals surface area contributed by atoms with Crippen molar-refractivity contribution in [3.63, 3.8) is 0 Å². The van der Waals surface area contributed by atoms with Crippen LogP contribution in [0.5, 0.6) is 0 Å². The zero-order valence-corrected chi connectivity index (χ0v) is 11.1. The topological polar surface area (TPSA) is 84.5 Å². The fourth-order valence-corrected chi connectivity index (χ4v) is 1.38. The average Bonchev–Trinajstić information content (AvgIpc) is 2.43. The van der Waals surface area contributed by atoms with Crippen molar-refractivity contribution in [2.45, 2.75) is 6.92 Å². The van der Waals surface area contributed by atoms with Crippen molar-refractivity contribution in [1.82, 2.24) is 10.6 Å². The molecule has 0 aliphatic carbocycles. The Morgan fingerprint density at radius 1 is 1.30 bits per heavy atom. The molecule has 1 rings (SSSR count). The predicted octanol–water partition coefficient (Wildman–Crippen LogP) is 1.16. The van der Waals surface area contributed by atoms with E-state index in [0.717, 1.165) is 5.56 Å². The smallest absolute Gasteiger partial charge is 0.338 e. The van der Waals surface area contributed by atoms with Gasteiger partial charge in [0.1, 0.15) is 0 Å². The largest absolute Gasteiger partial charge is 0.452 e. The summed E-state index contributed by atoms with van der Waals surface area (Å²) in [7, 11) is 0. The van der Waals surface area contributed by atoms with Crippen molar-refractivity contribution in [2.75, 3.05) is 13.2 Å². The van der Waals surface area contributed by atoms with Crippen LogP contribution in [0.2, 0.25) is 0 Å². The SMILES string of the molecule is C=CCNC(=O)NC(=O)COC(=O)c1ccccc1C. The molecule has 20 heavy (non-hydrogen) atoms. The molecule has 6 heteroatoms. The molecule has 1 aromatic rings. The lowest BCUT2D eigenvalue weighted by molar-refractivity contribution is -0.123. The fourth-order valence-electron chi connectivity index (χ4n) is 1.38. The summed E-state index contributed by atoms with van der Waals surface area (Å²) in [4.78, 5) is 34.2. The van der Waals surface area contributed by atoms with Crippen LogP contribution in [0.25, 0.3) is 0 Å². The summed E-state index contributed by atoms with van der Waals surface area (Å²) in [5.74, 6) is -1.31. The number of rotatable bonds is 5. The molecule has 0 fully saturated rings. The number of hydrogen-bond donors (Lipinski definition) is 2. The van der Waals surface area contributed by atoms with Gasteiger partial charge in [-0.15, -0.1) is 6.58 Å². The molecule has 0 saturated heterocycles. The number of aryl methyl sites for hydroxylation is 1. The van der Waals surface area contributed by atoms with Crippen LogP contribution in [-0.2, 0) is 9.53 Å². The van der Waals surface area contributed by atoms with E-state index in [0.29, 0.717) is 5.56 Å². The number of ether oxygens (including phenoxy) is 1. The third-order valence-corrected chi connectivity index (χ3v) is 2.36. The van der Waals surface area contributed by atoms with E-state index in [-0.39, 0.29) is 6.54 Å². The normalized spacial score (nSPS) is 9.45. The quantitative estimate of drug-likeness (QED) is 0.624. The van der Waals surface area contributed by atoms with Gasteiger partial charge in [-0.3, -0.25) is 10.1 Å². The van der Waals surface area contributed by atoms with Crippen LogP contribution in [0.4, 0.5) is 4.79 Å². The third-order valence-electron chi connectivity index (χ3n) is 2.36. The fraction of sp³-hybridized carbons (Fsp3) is 0.214. The lowest BCUT2D eigenvalue weighted by Crippen LogP contribution is -2.41. The van der Waals surface area contributed by atoms with Crippen LogP contribution in [0.1, 0.15) is 15.9 Å². The van der Waals surface area contributed by atoms with E-state index in [1.807, 2.05) is 5.32 Å². The highest BCUT2D eigenvalue weighted by molar-refractivity contribution is 5.97. The highest BCUT2D eigenvalue weighted by atomic mass is 16.5. The van der Waals surface area contributed by atoms with Gasteiger partial charge >= 0.3 is 12.0 Å². The second-order valence-electron chi connectivity index (χ2n) is 3.94. The number of urea groups is 1. The summed E-state index contributed by atoms with van der Waals surface area (Å²) < 4.78 is 4.82. The Bertz CT molecular complexity index is 526. The van der Waals surface area contributed by atoms with Crippen molar-refractivity contribution in [3.8, 4) is 0 Å². The Hall–Kier alpha value is -2.63. The van der Waals surface area contributed by atoms with Crippen molar-refractivity contribution in [3.05, 3.63) is 48.0 Å². The number of benzene rings is 1. The Morgan fingerprint density at radius 2 is 2.00 bits per heavy atom. The minimum atomic E-state index is -0.700. The van der Waals surface area contributed by atoms with E-state index in [1.165, 1.54) is 6.08 Å². The Morgan fingerprint density at radius 3 is 2.65 bits per heavy atom. The summed E-state index contributed by atoms with van der Waals surface area (Å²) in [6, 6.07) is 6.20. The second kappa shape index (κ2) is 7.73. The number of esters is 1. The molecule has 106 valence electrons. The molecule has 6 nitrogen and oxygen atoms in total. The first kappa shape index (κ1) is 15.4. The predicted molar refractivity (Wildman–Crippen MR) is 73.2 cm³/mol. The van der Waals surface area contributed by atoms with Crippen LogP contribution < -0.4 is 10.6 Å². The molecule has 0 spiro atoms. The van der Waals surface area contributed by atoms with Gasteiger partial charge in [0.15, 0.2) is 6.61 Å². The lowest BCUT2D eigenvalue weighted by Gasteiger charge is -2.07. The van der Waals surface area contributed by atoms with Crippen LogP contribution in [-0.4, -0.2) is 31.1 Å². The van der Waals surface area contributed by atoms with Gasteiger partial charge in [-0.05, 0) is 18.6 Å². The van der Waals surface area contributed by atoms with Crippen molar-refractivity contribution >= 4 is 17.9 Å². The highest BCUT2D eigenvalue weighted by Crippen LogP contribution is 2.08. The summed E-state index contributed by atoms with van der Waals surface area (Å²) in [6.45, 7) is 4.90.